The predicted octanol–water partition coefficient (Wildman–Crippen LogP) is 3.80. The molecule has 0 radical (unpaired) electrons. The average Bonchev–Trinajstić information content (AvgIpc) is 2.47. The maximum absolute atomic E-state index is 12.7. The van der Waals surface area contributed by atoms with Gasteiger partial charge in [-0.2, -0.15) is 0 Å². The van der Waals surface area contributed by atoms with Crippen molar-refractivity contribution in [2.24, 2.45) is 0 Å². The monoisotopic (exact) mass is 373 g/mol. The quantitative estimate of drug-likeness (QED) is 0.557. The number of hydrogen-bond acceptors (Lipinski definition) is 3. The van der Waals surface area contributed by atoms with Crippen LogP contribution in [-0.4, -0.2) is 35.5 Å². The number of methoxy groups -OCH3 is 1. The largest absolute Gasteiger partial charge is 0.359 e. The number of ether oxygens (including phenoxy) is 2. The van der Waals surface area contributed by atoms with Gasteiger partial charge >= 0.3 is 0 Å². The molecule has 6 heteroatoms. The first kappa shape index (κ1) is 19.9. The third kappa shape index (κ3) is 4.58. The Kier molecular flexibility index (Phi) is 6.85. The smallest absolute Gasteiger partial charge is 0.146 e. The molecule has 24 heavy (non-hydrogen) atoms. The molecule has 0 spiro atoms. The molecule has 0 saturated heterocycles. The van der Waals surface area contributed by atoms with Gasteiger partial charge in [-0.1, -0.05) is 30.2 Å². The Labute approximate surface area is 152 Å². The Morgan fingerprint density at radius 1 is 1.29 bits per heavy atom. The van der Waals surface area contributed by atoms with Crippen LogP contribution in [0.3, 0.4) is 0 Å². The van der Waals surface area contributed by atoms with Crippen LogP contribution in [-0.2, 0) is 25.9 Å². The van der Waals surface area contributed by atoms with Gasteiger partial charge in [-0.3, -0.25) is 0 Å². The highest BCUT2D eigenvalue weighted by Gasteiger charge is 2.46. The Balaban J connectivity index is 2.25. The maximum Gasteiger partial charge on any atom is 0.146 e. The van der Waals surface area contributed by atoms with E-state index in [-0.39, 0.29) is 23.0 Å². The molecule has 0 aliphatic heterocycles. The second kappa shape index (κ2) is 8.28. The van der Waals surface area contributed by atoms with Crippen LogP contribution < -0.4 is 4.72 Å². The molecule has 1 aromatic rings. The first-order valence-electron chi connectivity index (χ1n) is 8.30. The second-order valence-corrected chi connectivity index (χ2v) is 9.78. The van der Waals surface area contributed by atoms with Crippen molar-refractivity contribution in [3.8, 4) is 0 Å². The number of rotatable bonds is 8. The van der Waals surface area contributed by atoms with Crippen molar-refractivity contribution in [3.05, 3.63) is 34.9 Å². The number of halogens is 1. The molecule has 1 N–H and O–H groups in total. The van der Waals surface area contributed by atoms with Gasteiger partial charge in [-0.05, 0) is 51.3 Å². The van der Waals surface area contributed by atoms with Crippen LogP contribution in [0.1, 0.15) is 45.6 Å². The Hall–Kier alpha value is -0.460. The molecule has 4 nitrogen and oxygen atoms in total. The van der Waals surface area contributed by atoms with Crippen LogP contribution in [0.4, 0.5) is 0 Å². The van der Waals surface area contributed by atoms with E-state index in [4.69, 9.17) is 21.1 Å². The van der Waals surface area contributed by atoms with E-state index in [9.17, 15) is 4.21 Å². The normalized spacial score (nSPS) is 19.5. The summed E-state index contributed by atoms with van der Waals surface area (Å²) in [6, 6.07) is 7.96. The van der Waals surface area contributed by atoms with Gasteiger partial charge in [0.05, 0.1) is 28.4 Å². The fraction of sp³-hybridized carbons (Fsp3) is 0.667. The van der Waals surface area contributed by atoms with E-state index in [2.05, 4.69) is 16.9 Å². The molecule has 1 fully saturated rings. The lowest BCUT2D eigenvalue weighted by Crippen LogP contribution is -2.57. The first-order chi connectivity index (χ1) is 11.3. The molecular formula is C18H28ClNO3S. The molecule has 2 atom stereocenters. The molecule has 0 amide bonds. The zero-order chi connectivity index (χ0) is 17.8. The van der Waals surface area contributed by atoms with Crippen molar-refractivity contribution in [3.63, 3.8) is 0 Å². The highest BCUT2D eigenvalue weighted by Crippen LogP contribution is 2.47. The maximum atomic E-state index is 12.7. The SMILES string of the molecule is COCOCC(NS(=O)C(C)(C)C)C1(c2ccc(Cl)cc2)CCC1. The van der Waals surface area contributed by atoms with Crippen molar-refractivity contribution in [2.45, 2.75) is 56.2 Å². The van der Waals surface area contributed by atoms with Crippen LogP contribution in [0.15, 0.2) is 24.3 Å². The van der Waals surface area contributed by atoms with Gasteiger partial charge in [0.2, 0.25) is 0 Å². The standard InChI is InChI=1S/C18H28ClNO3S/c1-17(2,3)24(21)20-16(12-23-13-22-4)18(10-5-11-18)14-6-8-15(19)9-7-14/h6-9,16,20H,5,10-13H2,1-4H3. The molecule has 0 heterocycles. The molecule has 0 bridgehead atoms. The van der Waals surface area contributed by atoms with Crippen LogP contribution in [0.5, 0.6) is 0 Å². The summed E-state index contributed by atoms with van der Waals surface area (Å²) in [4.78, 5) is 0. The molecule has 2 unspecified atom stereocenters. The number of hydrogen-bond donors (Lipinski definition) is 1. The Morgan fingerprint density at radius 2 is 1.92 bits per heavy atom. The minimum absolute atomic E-state index is 0.0392. The predicted molar refractivity (Wildman–Crippen MR) is 99.6 cm³/mol. The van der Waals surface area contributed by atoms with E-state index in [1.807, 2.05) is 32.9 Å². The van der Waals surface area contributed by atoms with Crippen molar-refractivity contribution in [1.82, 2.24) is 4.72 Å². The summed E-state index contributed by atoms with van der Waals surface area (Å²) < 4.78 is 26.3. The molecule has 0 aromatic heterocycles. The topological polar surface area (TPSA) is 47.6 Å². The number of nitrogens with one attached hydrogen (secondary N) is 1. The molecule has 2 rings (SSSR count). The molecule has 1 saturated carbocycles. The average molecular weight is 374 g/mol. The van der Waals surface area contributed by atoms with Crippen LogP contribution in [0, 0.1) is 0 Å². The summed E-state index contributed by atoms with van der Waals surface area (Å²) in [6.07, 6.45) is 3.25. The molecule has 1 aromatic carbocycles. The lowest BCUT2D eigenvalue weighted by Gasteiger charge is -2.48. The van der Waals surface area contributed by atoms with Gasteiger partial charge in [-0.25, -0.2) is 8.93 Å². The second-order valence-electron chi connectivity index (χ2n) is 7.35. The van der Waals surface area contributed by atoms with Gasteiger partial charge in [0, 0.05) is 17.5 Å². The van der Waals surface area contributed by atoms with Gasteiger partial charge in [0.1, 0.15) is 6.79 Å². The summed E-state index contributed by atoms with van der Waals surface area (Å²) >= 11 is 6.04. The van der Waals surface area contributed by atoms with E-state index >= 15 is 0 Å². The Bertz CT molecular complexity index is 552. The van der Waals surface area contributed by atoms with E-state index in [0.29, 0.717) is 6.61 Å². The molecule has 1 aliphatic rings. The van der Waals surface area contributed by atoms with Crippen LogP contribution >= 0.6 is 11.6 Å². The lowest BCUT2D eigenvalue weighted by molar-refractivity contribution is -0.0482. The lowest BCUT2D eigenvalue weighted by atomic mass is 9.60. The summed E-state index contributed by atoms with van der Waals surface area (Å²) in [5, 5.41) is 0.728. The summed E-state index contributed by atoms with van der Waals surface area (Å²) in [5.41, 5.74) is 1.15. The fourth-order valence-corrected chi connectivity index (χ4v) is 4.07. The van der Waals surface area contributed by atoms with Crippen LogP contribution in [0.2, 0.25) is 5.02 Å². The highest BCUT2D eigenvalue weighted by atomic mass is 35.5. The molecule has 1 aliphatic carbocycles. The van der Waals surface area contributed by atoms with Gasteiger partial charge < -0.3 is 9.47 Å². The van der Waals surface area contributed by atoms with E-state index in [1.54, 1.807) is 7.11 Å². The zero-order valence-corrected chi connectivity index (χ0v) is 16.5. The summed E-state index contributed by atoms with van der Waals surface area (Å²) in [5.74, 6) is 0. The molecular weight excluding hydrogens is 346 g/mol. The van der Waals surface area contributed by atoms with Gasteiger partial charge in [-0.15, -0.1) is 0 Å². The van der Waals surface area contributed by atoms with Gasteiger partial charge in [0.15, 0.2) is 0 Å². The first-order valence-corrected chi connectivity index (χ1v) is 9.83. The van der Waals surface area contributed by atoms with E-state index in [1.165, 1.54) is 5.56 Å². The van der Waals surface area contributed by atoms with Gasteiger partial charge in [0.25, 0.3) is 0 Å². The number of benzene rings is 1. The Morgan fingerprint density at radius 3 is 2.38 bits per heavy atom. The third-order valence-corrected chi connectivity index (χ3v) is 6.49. The fourth-order valence-electron chi connectivity index (χ4n) is 3.04. The van der Waals surface area contributed by atoms with E-state index < -0.39 is 11.0 Å². The van der Waals surface area contributed by atoms with E-state index in [0.717, 1.165) is 24.3 Å². The molecule has 136 valence electrons. The third-order valence-electron chi connectivity index (χ3n) is 4.62. The van der Waals surface area contributed by atoms with Crippen LogP contribution in [0.25, 0.3) is 0 Å². The zero-order valence-electron chi connectivity index (χ0n) is 14.9. The summed E-state index contributed by atoms with van der Waals surface area (Å²) in [7, 11) is 0.443. The van der Waals surface area contributed by atoms with Crippen molar-refractivity contribution in [2.75, 3.05) is 20.5 Å². The van der Waals surface area contributed by atoms with Crippen molar-refractivity contribution < 1.29 is 13.7 Å². The minimum Gasteiger partial charge on any atom is -0.359 e. The highest BCUT2D eigenvalue weighted by molar-refractivity contribution is 7.84. The minimum atomic E-state index is -1.16. The van der Waals surface area contributed by atoms with Crippen molar-refractivity contribution >= 4 is 22.6 Å². The van der Waals surface area contributed by atoms with Crippen molar-refractivity contribution in [1.29, 1.82) is 0 Å². The summed E-state index contributed by atoms with van der Waals surface area (Å²) in [6.45, 7) is 6.60.